The minimum Gasteiger partial charge on any atom is -0.496 e. The second kappa shape index (κ2) is 5.16. The molecule has 0 aromatic heterocycles. The van der Waals surface area contributed by atoms with Crippen molar-refractivity contribution in [3.63, 3.8) is 0 Å². The van der Waals surface area contributed by atoms with Gasteiger partial charge in [0.2, 0.25) is 0 Å². The van der Waals surface area contributed by atoms with Crippen molar-refractivity contribution in [2.75, 3.05) is 6.61 Å². The second-order valence-electron chi connectivity index (χ2n) is 3.01. The van der Waals surface area contributed by atoms with Crippen LogP contribution in [0.25, 0.3) is 0 Å². The second-order valence-corrected chi connectivity index (χ2v) is 3.93. The van der Waals surface area contributed by atoms with Crippen LogP contribution in [-0.2, 0) is 23.8 Å². The molecule has 2 atom stereocenters. The van der Waals surface area contributed by atoms with E-state index in [2.05, 4.69) is 15.9 Å². The third kappa shape index (κ3) is 3.54. The molecule has 0 unspecified atom stereocenters. The summed E-state index contributed by atoms with van der Waals surface area (Å²) in [5.41, 5.74) is 0. The normalized spacial score (nSPS) is 24.9. The quantitative estimate of drug-likeness (QED) is 0.709. The van der Waals surface area contributed by atoms with Crippen LogP contribution in [0.15, 0.2) is 10.7 Å². The summed E-state index contributed by atoms with van der Waals surface area (Å²) in [4.78, 5) is 21.6. The molecule has 0 bridgehead atoms. The van der Waals surface area contributed by atoms with Crippen LogP contribution in [0, 0.1) is 0 Å². The van der Waals surface area contributed by atoms with E-state index in [1.807, 2.05) is 0 Å². The highest BCUT2D eigenvalue weighted by Crippen LogP contribution is 2.24. The molecule has 1 aliphatic rings. The maximum absolute atomic E-state index is 10.8. The highest BCUT2D eigenvalue weighted by Gasteiger charge is 2.33. The minimum atomic E-state index is -0.625. The molecular formula is C9H11BrO5. The monoisotopic (exact) mass is 278 g/mol. The molecule has 0 amide bonds. The fourth-order valence-electron chi connectivity index (χ4n) is 1.17. The van der Waals surface area contributed by atoms with Gasteiger partial charge in [-0.25, -0.2) is 0 Å². The molecule has 0 aromatic carbocycles. The first kappa shape index (κ1) is 12.0. The number of hydrogen-bond acceptors (Lipinski definition) is 5. The average molecular weight is 279 g/mol. The molecule has 1 aliphatic heterocycles. The first-order valence-electron chi connectivity index (χ1n) is 4.32. The first-order chi connectivity index (χ1) is 7.00. The van der Waals surface area contributed by atoms with Crippen LogP contribution in [0.3, 0.4) is 0 Å². The van der Waals surface area contributed by atoms with Gasteiger partial charge < -0.3 is 14.2 Å². The smallest absolute Gasteiger partial charge is 0.303 e. The molecule has 6 heteroatoms. The molecule has 0 fully saturated rings. The summed E-state index contributed by atoms with van der Waals surface area (Å²) >= 11 is 3.18. The number of ether oxygens (including phenoxy) is 3. The lowest BCUT2D eigenvalue weighted by Crippen LogP contribution is -2.40. The zero-order chi connectivity index (χ0) is 11.4. The van der Waals surface area contributed by atoms with Crippen LogP contribution in [0.1, 0.15) is 13.8 Å². The van der Waals surface area contributed by atoms with E-state index in [0.29, 0.717) is 4.48 Å². The van der Waals surface area contributed by atoms with Crippen LogP contribution in [0.4, 0.5) is 0 Å². The maximum atomic E-state index is 10.8. The van der Waals surface area contributed by atoms with E-state index >= 15 is 0 Å². The minimum absolute atomic E-state index is 0.173. The molecule has 1 rings (SSSR count). The van der Waals surface area contributed by atoms with Gasteiger partial charge in [-0.1, -0.05) is 0 Å². The van der Waals surface area contributed by atoms with Gasteiger partial charge in [-0.3, -0.25) is 9.59 Å². The van der Waals surface area contributed by atoms with E-state index in [1.54, 1.807) is 0 Å². The molecule has 84 valence electrons. The third-order valence-electron chi connectivity index (χ3n) is 1.68. The Labute approximate surface area is 95.5 Å². The summed E-state index contributed by atoms with van der Waals surface area (Å²) in [7, 11) is 0. The van der Waals surface area contributed by atoms with Crippen molar-refractivity contribution in [1.29, 1.82) is 0 Å². The Kier molecular flexibility index (Phi) is 4.14. The zero-order valence-corrected chi connectivity index (χ0v) is 9.94. The number of halogens is 1. The van der Waals surface area contributed by atoms with Gasteiger partial charge in [-0.2, -0.15) is 0 Å². The van der Waals surface area contributed by atoms with Crippen LogP contribution >= 0.6 is 15.9 Å². The lowest BCUT2D eigenvalue weighted by molar-refractivity contribution is -0.166. The van der Waals surface area contributed by atoms with E-state index in [0.717, 1.165) is 0 Å². The standard InChI is InChI=1S/C9H11BrO5/c1-5(11)14-8-4-13-3-7(10)9(8)15-6(2)12/h3,8-9H,4H2,1-2H3/t8-,9+/m1/s1. The SMILES string of the molecule is CC(=O)O[C@@H]1COC=C(Br)[C@@H]1OC(C)=O. The number of hydrogen-bond donors (Lipinski definition) is 0. The van der Waals surface area contributed by atoms with Gasteiger partial charge in [0.15, 0.2) is 12.2 Å². The van der Waals surface area contributed by atoms with Crippen molar-refractivity contribution in [2.45, 2.75) is 26.1 Å². The Morgan fingerprint density at radius 2 is 2.00 bits per heavy atom. The van der Waals surface area contributed by atoms with Crippen molar-refractivity contribution < 1.29 is 23.8 Å². The van der Waals surface area contributed by atoms with E-state index in [4.69, 9.17) is 14.2 Å². The molecule has 0 saturated heterocycles. The van der Waals surface area contributed by atoms with Crippen molar-refractivity contribution in [2.24, 2.45) is 0 Å². The van der Waals surface area contributed by atoms with Crippen molar-refractivity contribution in [1.82, 2.24) is 0 Å². The third-order valence-corrected chi connectivity index (χ3v) is 2.31. The average Bonchev–Trinajstić information content (AvgIpc) is 2.09. The van der Waals surface area contributed by atoms with Crippen molar-refractivity contribution >= 4 is 27.9 Å². The van der Waals surface area contributed by atoms with Crippen LogP contribution in [0.5, 0.6) is 0 Å². The number of esters is 2. The predicted octanol–water partition coefficient (Wildman–Crippen LogP) is 1.12. The topological polar surface area (TPSA) is 61.8 Å². The molecule has 0 saturated carbocycles. The lowest BCUT2D eigenvalue weighted by atomic mass is 10.2. The van der Waals surface area contributed by atoms with Crippen molar-refractivity contribution in [3.05, 3.63) is 10.7 Å². The van der Waals surface area contributed by atoms with Crippen LogP contribution < -0.4 is 0 Å². The van der Waals surface area contributed by atoms with Gasteiger partial charge in [0.25, 0.3) is 0 Å². The molecule has 0 N–H and O–H groups in total. The summed E-state index contributed by atoms with van der Waals surface area (Å²) in [5, 5.41) is 0. The molecule has 5 nitrogen and oxygen atoms in total. The van der Waals surface area contributed by atoms with Crippen molar-refractivity contribution in [3.8, 4) is 0 Å². The van der Waals surface area contributed by atoms with Crippen LogP contribution in [-0.4, -0.2) is 30.8 Å². The summed E-state index contributed by atoms with van der Waals surface area (Å²) in [6.07, 6.45) is 0.194. The Hall–Kier alpha value is -1.04. The largest absolute Gasteiger partial charge is 0.496 e. The molecule has 15 heavy (non-hydrogen) atoms. The van der Waals surface area contributed by atoms with Gasteiger partial charge in [0.1, 0.15) is 6.61 Å². The predicted molar refractivity (Wildman–Crippen MR) is 54.1 cm³/mol. The summed E-state index contributed by atoms with van der Waals surface area (Å²) in [5.74, 6) is -0.882. The summed E-state index contributed by atoms with van der Waals surface area (Å²) in [6, 6.07) is 0. The molecule has 1 heterocycles. The number of carbonyl (C=O) groups excluding carboxylic acids is 2. The Morgan fingerprint density at radius 1 is 1.40 bits per heavy atom. The summed E-state index contributed by atoms with van der Waals surface area (Å²) < 4.78 is 15.5. The van der Waals surface area contributed by atoms with E-state index in [9.17, 15) is 9.59 Å². The Morgan fingerprint density at radius 3 is 2.53 bits per heavy atom. The number of carbonyl (C=O) groups is 2. The van der Waals surface area contributed by atoms with E-state index in [-0.39, 0.29) is 6.61 Å². The van der Waals surface area contributed by atoms with Gasteiger partial charge in [-0.15, -0.1) is 0 Å². The fourth-order valence-corrected chi connectivity index (χ4v) is 1.70. The maximum Gasteiger partial charge on any atom is 0.303 e. The van der Waals surface area contributed by atoms with E-state index in [1.165, 1.54) is 20.1 Å². The van der Waals surface area contributed by atoms with Gasteiger partial charge in [0.05, 0.1) is 10.7 Å². The summed E-state index contributed by atoms with van der Waals surface area (Å²) in [6.45, 7) is 2.75. The zero-order valence-electron chi connectivity index (χ0n) is 8.36. The van der Waals surface area contributed by atoms with Gasteiger partial charge in [-0.05, 0) is 15.9 Å². The molecule has 0 spiro atoms. The first-order valence-corrected chi connectivity index (χ1v) is 5.11. The molecule has 0 aromatic rings. The number of rotatable bonds is 2. The highest BCUT2D eigenvalue weighted by molar-refractivity contribution is 9.11. The van der Waals surface area contributed by atoms with E-state index < -0.39 is 24.1 Å². The van der Waals surface area contributed by atoms with Gasteiger partial charge >= 0.3 is 11.9 Å². The van der Waals surface area contributed by atoms with Gasteiger partial charge in [0, 0.05) is 13.8 Å². The molecule has 0 aliphatic carbocycles. The Balaban J connectivity index is 2.72. The molecular weight excluding hydrogens is 268 g/mol. The molecule has 0 radical (unpaired) electrons. The fraction of sp³-hybridized carbons (Fsp3) is 0.556. The Bertz CT molecular complexity index is 299. The highest BCUT2D eigenvalue weighted by atomic mass is 79.9. The van der Waals surface area contributed by atoms with Crippen LogP contribution in [0.2, 0.25) is 0 Å². The lowest BCUT2D eigenvalue weighted by Gasteiger charge is -2.28.